The van der Waals surface area contributed by atoms with Crippen LogP contribution >= 0.6 is 0 Å². The van der Waals surface area contributed by atoms with Crippen LogP contribution in [0.4, 0.5) is 5.69 Å². The standard InChI is InChI=1S/C13H11N3O6S2/c14-11-5-4-9-10(13(11)23(17,18)19)2-1-3-12(9)24(20,21)22-16-7-6-15-8-16/h1-8H,14H2,(H,17,18,19). The van der Waals surface area contributed by atoms with Gasteiger partial charge in [0, 0.05) is 17.0 Å². The summed E-state index contributed by atoms with van der Waals surface area (Å²) in [6.45, 7) is 0. The molecule has 24 heavy (non-hydrogen) atoms. The normalized spacial score (nSPS) is 12.4. The third kappa shape index (κ3) is 2.79. The highest BCUT2D eigenvalue weighted by Crippen LogP contribution is 2.32. The lowest BCUT2D eigenvalue weighted by Crippen LogP contribution is -2.19. The van der Waals surface area contributed by atoms with E-state index < -0.39 is 25.1 Å². The molecule has 1 heterocycles. The number of hydrogen-bond donors (Lipinski definition) is 2. The van der Waals surface area contributed by atoms with Gasteiger partial charge in [-0.25, -0.2) is 4.98 Å². The zero-order chi connectivity index (χ0) is 17.5. The lowest BCUT2D eigenvalue weighted by atomic mass is 10.1. The van der Waals surface area contributed by atoms with Crippen LogP contribution in [-0.4, -0.2) is 31.1 Å². The number of rotatable bonds is 4. The minimum absolute atomic E-state index is 0.0344. The number of nitrogens with zero attached hydrogens (tertiary/aromatic N) is 2. The molecule has 11 heteroatoms. The maximum atomic E-state index is 12.4. The van der Waals surface area contributed by atoms with Gasteiger partial charge in [0.1, 0.15) is 16.1 Å². The third-order valence-electron chi connectivity index (χ3n) is 3.19. The van der Waals surface area contributed by atoms with Crippen molar-refractivity contribution in [3.63, 3.8) is 0 Å². The van der Waals surface area contributed by atoms with E-state index in [1.165, 1.54) is 42.7 Å². The van der Waals surface area contributed by atoms with Gasteiger partial charge in [0.15, 0.2) is 0 Å². The SMILES string of the molecule is Nc1ccc2c(S(=O)(=O)On3ccnc3)cccc2c1S(=O)(=O)O. The number of nitrogens with two attached hydrogens (primary N) is 1. The molecular weight excluding hydrogens is 358 g/mol. The molecule has 126 valence electrons. The predicted molar refractivity (Wildman–Crippen MR) is 84.2 cm³/mol. The topological polar surface area (TPSA) is 142 Å². The van der Waals surface area contributed by atoms with Crippen LogP contribution in [0.5, 0.6) is 0 Å². The molecule has 0 aliphatic heterocycles. The number of imidazole rings is 1. The Morgan fingerprint density at radius 1 is 1.08 bits per heavy atom. The number of anilines is 1. The Kier molecular flexibility index (Phi) is 3.70. The summed E-state index contributed by atoms with van der Waals surface area (Å²) in [6.07, 6.45) is 3.75. The van der Waals surface area contributed by atoms with Crippen LogP contribution in [0.3, 0.4) is 0 Å². The Morgan fingerprint density at radius 2 is 1.83 bits per heavy atom. The number of aromatic nitrogens is 2. The first-order chi connectivity index (χ1) is 11.2. The zero-order valence-electron chi connectivity index (χ0n) is 11.9. The van der Waals surface area contributed by atoms with E-state index in [9.17, 15) is 21.4 Å². The second-order valence-electron chi connectivity index (χ2n) is 4.76. The van der Waals surface area contributed by atoms with Gasteiger partial charge >= 0.3 is 10.1 Å². The van der Waals surface area contributed by atoms with E-state index in [-0.39, 0.29) is 21.4 Å². The molecule has 3 rings (SSSR count). The lowest BCUT2D eigenvalue weighted by Gasteiger charge is -2.12. The summed E-state index contributed by atoms with van der Waals surface area (Å²) in [5.41, 5.74) is 5.41. The predicted octanol–water partition coefficient (Wildman–Crippen LogP) is 0.683. The van der Waals surface area contributed by atoms with E-state index in [1.807, 2.05) is 0 Å². The van der Waals surface area contributed by atoms with Crippen LogP contribution in [0.1, 0.15) is 0 Å². The van der Waals surface area contributed by atoms with Crippen LogP contribution in [0, 0.1) is 0 Å². The monoisotopic (exact) mass is 369 g/mol. The maximum absolute atomic E-state index is 12.4. The summed E-state index contributed by atoms with van der Waals surface area (Å²) in [7, 11) is -8.93. The minimum Gasteiger partial charge on any atom is -0.398 e. The fourth-order valence-electron chi connectivity index (χ4n) is 2.27. The molecule has 0 saturated carbocycles. The molecule has 9 nitrogen and oxygen atoms in total. The molecule has 0 saturated heterocycles. The van der Waals surface area contributed by atoms with Crippen molar-refractivity contribution in [1.29, 1.82) is 0 Å². The molecule has 0 aliphatic carbocycles. The van der Waals surface area contributed by atoms with Gasteiger partial charge in [0.2, 0.25) is 0 Å². The molecule has 3 N–H and O–H groups in total. The Bertz CT molecular complexity index is 1120. The van der Waals surface area contributed by atoms with Crippen molar-refractivity contribution in [3.8, 4) is 0 Å². The number of fused-ring (bicyclic) bond motifs is 1. The van der Waals surface area contributed by atoms with Gasteiger partial charge < -0.3 is 5.73 Å². The van der Waals surface area contributed by atoms with Crippen LogP contribution in [0.2, 0.25) is 0 Å². The quantitative estimate of drug-likeness (QED) is 0.505. The summed E-state index contributed by atoms with van der Waals surface area (Å²) >= 11 is 0. The van der Waals surface area contributed by atoms with Gasteiger partial charge in [0.25, 0.3) is 10.1 Å². The summed E-state index contributed by atoms with van der Waals surface area (Å²) < 4.78 is 63.2. The van der Waals surface area contributed by atoms with Crippen molar-refractivity contribution >= 4 is 36.7 Å². The Hall–Kier alpha value is -2.63. The lowest BCUT2D eigenvalue weighted by molar-refractivity contribution is 0.279. The summed E-state index contributed by atoms with van der Waals surface area (Å²) in [5.74, 6) is 0. The molecule has 0 spiro atoms. The first-order valence-corrected chi connectivity index (χ1v) is 9.26. The molecule has 0 bridgehead atoms. The highest BCUT2D eigenvalue weighted by Gasteiger charge is 2.24. The molecule has 0 aliphatic rings. The highest BCUT2D eigenvalue weighted by molar-refractivity contribution is 7.87. The summed E-state index contributed by atoms with van der Waals surface area (Å²) in [6, 6.07) is 6.44. The van der Waals surface area contributed by atoms with Gasteiger partial charge in [0.05, 0.1) is 11.9 Å². The fourth-order valence-corrected chi connectivity index (χ4v) is 4.18. The van der Waals surface area contributed by atoms with Crippen molar-refractivity contribution in [1.82, 2.24) is 9.71 Å². The van der Waals surface area contributed by atoms with E-state index in [0.29, 0.717) is 0 Å². The van der Waals surface area contributed by atoms with Crippen LogP contribution in [0.25, 0.3) is 10.8 Å². The van der Waals surface area contributed by atoms with Gasteiger partial charge in [-0.1, -0.05) is 18.2 Å². The fraction of sp³-hybridized carbons (Fsp3) is 0. The molecular formula is C13H11N3O6S2. The van der Waals surface area contributed by atoms with Crippen molar-refractivity contribution in [2.45, 2.75) is 9.79 Å². The van der Waals surface area contributed by atoms with E-state index in [1.54, 1.807) is 0 Å². The molecule has 3 aromatic rings. The molecule has 0 radical (unpaired) electrons. The third-order valence-corrected chi connectivity index (χ3v) is 5.43. The number of nitrogen functional groups attached to an aromatic ring is 1. The van der Waals surface area contributed by atoms with Crippen LogP contribution in [-0.2, 0) is 20.2 Å². The smallest absolute Gasteiger partial charge is 0.357 e. The Morgan fingerprint density at radius 3 is 2.46 bits per heavy atom. The van der Waals surface area contributed by atoms with E-state index >= 15 is 0 Å². The van der Waals surface area contributed by atoms with Gasteiger partial charge in [-0.3, -0.25) is 8.84 Å². The average molecular weight is 369 g/mol. The Labute approximate surface area is 137 Å². The number of benzene rings is 2. The number of hydrogen-bond acceptors (Lipinski definition) is 7. The largest absolute Gasteiger partial charge is 0.398 e. The van der Waals surface area contributed by atoms with Crippen molar-refractivity contribution in [3.05, 3.63) is 49.1 Å². The highest BCUT2D eigenvalue weighted by atomic mass is 32.2. The van der Waals surface area contributed by atoms with Crippen molar-refractivity contribution in [2.75, 3.05) is 5.73 Å². The first kappa shape index (κ1) is 16.2. The van der Waals surface area contributed by atoms with Gasteiger partial charge in [-0.2, -0.15) is 21.6 Å². The van der Waals surface area contributed by atoms with Crippen molar-refractivity contribution in [2.24, 2.45) is 0 Å². The average Bonchev–Trinajstić information content (AvgIpc) is 2.97. The summed E-state index contributed by atoms with van der Waals surface area (Å²) in [4.78, 5) is 2.83. The summed E-state index contributed by atoms with van der Waals surface area (Å²) in [5, 5.41) is 0.00671. The minimum atomic E-state index is -4.65. The van der Waals surface area contributed by atoms with Gasteiger partial charge in [-0.05, 0) is 12.1 Å². The first-order valence-electron chi connectivity index (χ1n) is 6.42. The molecule has 0 fully saturated rings. The molecule has 0 amide bonds. The van der Waals surface area contributed by atoms with Crippen LogP contribution < -0.4 is 10.0 Å². The molecule has 0 atom stereocenters. The van der Waals surface area contributed by atoms with E-state index in [0.717, 1.165) is 11.1 Å². The maximum Gasteiger partial charge on any atom is 0.357 e. The zero-order valence-corrected chi connectivity index (χ0v) is 13.5. The van der Waals surface area contributed by atoms with Crippen molar-refractivity contribution < 1.29 is 25.7 Å². The molecule has 2 aromatic carbocycles. The van der Waals surface area contributed by atoms with E-state index in [4.69, 9.17) is 10.0 Å². The van der Waals surface area contributed by atoms with E-state index in [2.05, 4.69) is 4.98 Å². The van der Waals surface area contributed by atoms with Gasteiger partial charge in [-0.15, -0.1) is 0 Å². The second-order valence-corrected chi connectivity index (χ2v) is 7.62. The molecule has 1 aromatic heterocycles. The van der Waals surface area contributed by atoms with Crippen LogP contribution in [0.15, 0.2) is 58.8 Å². The Balaban J connectivity index is 2.28. The molecule has 0 unspecified atom stereocenters. The second kappa shape index (κ2) is 5.47.